The quantitative estimate of drug-likeness (QED) is 0.783. The van der Waals surface area contributed by atoms with Gasteiger partial charge in [0.25, 0.3) is 0 Å². The van der Waals surface area contributed by atoms with E-state index in [1.807, 2.05) is 13.1 Å². The molecule has 0 bridgehead atoms. The average molecular weight is 298 g/mol. The molecule has 3 aromatic rings. The van der Waals surface area contributed by atoms with Gasteiger partial charge in [-0.25, -0.2) is 4.98 Å². The molecule has 2 aromatic heterocycles. The van der Waals surface area contributed by atoms with Crippen LogP contribution in [0.2, 0.25) is 0 Å². The Morgan fingerprint density at radius 2 is 1.95 bits per heavy atom. The minimum atomic E-state index is 0.673. The van der Waals surface area contributed by atoms with Crippen LogP contribution in [0.5, 0.6) is 0 Å². The number of likely N-dealkylation sites (N-methyl/N-ethyl adjacent to an activating group) is 1. The summed E-state index contributed by atoms with van der Waals surface area (Å²) in [5.41, 5.74) is 1.34. The maximum Gasteiger partial charge on any atom is 0.225 e. The molecule has 21 heavy (non-hydrogen) atoms. The second-order valence-electron chi connectivity index (χ2n) is 4.92. The Morgan fingerprint density at radius 3 is 2.71 bits per heavy atom. The molecular weight excluding hydrogens is 280 g/mol. The van der Waals surface area contributed by atoms with Gasteiger partial charge in [-0.15, -0.1) is 11.3 Å². The van der Waals surface area contributed by atoms with Crippen molar-refractivity contribution in [1.29, 1.82) is 0 Å². The van der Waals surface area contributed by atoms with Crippen molar-refractivity contribution in [3.63, 3.8) is 0 Å². The van der Waals surface area contributed by atoms with Gasteiger partial charge >= 0.3 is 0 Å². The predicted molar refractivity (Wildman–Crippen MR) is 90.4 cm³/mol. The molecule has 0 saturated heterocycles. The normalized spacial score (nSPS) is 10.8. The average Bonchev–Trinajstić information content (AvgIpc) is 3.01. The van der Waals surface area contributed by atoms with E-state index in [4.69, 9.17) is 0 Å². The van der Waals surface area contributed by atoms with Gasteiger partial charge in [-0.05, 0) is 23.4 Å². The number of rotatable bonds is 5. The fourth-order valence-corrected chi connectivity index (χ4v) is 3.05. The lowest BCUT2D eigenvalue weighted by Crippen LogP contribution is -2.22. The Bertz CT molecular complexity index is 723. The first-order chi connectivity index (χ1) is 10.3. The summed E-state index contributed by atoms with van der Waals surface area (Å²) in [5.74, 6) is 1.66. The summed E-state index contributed by atoms with van der Waals surface area (Å²) in [6, 6.07) is 12.6. The molecule has 2 heterocycles. The zero-order valence-corrected chi connectivity index (χ0v) is 13.0. The molecule has 0 aliphatic heterocycles. The smallest absolute Gasteiger partial charge is 0.225 e. The topological polar surface area (TPSA) is 41.1 Å². The lowest BCUT2D eigenvalue weighted by Gasteiger charge is -2.19. The second-order valence-corrected chi connectivity index (χ2v) is 5.81. The minimum Gasteiger partial charge on any atom is -0.359 e. The monoisotopic (exact) mass is 298 g/mol. The van der Waals surface area contributed by atoms with E-state index in [0.29, 0.717) is 5.95 Å². The van der Waals surface area contributed by atoms with Crippen molar-refractivity contribution in [2.45, 2.75) is 6.42 Å². The first-order valence-electron chi connectivity index (χ1n) is 6.96. The zero-order chi connectivity index (χ0) is 14.7. The molecule has 0 unspecified atom stereocenters. The lowest BCUT2D eigenvalue weighted by molar-refractivity contribution is 0.863. The van der Waals surface area contributed by atoms with Gasteiger partial charge in [0.15, 0.2) is 0 Å². The molecule has 4 nitrogen and oxygen atoms in total. The number of hydrogen-bond donors (Lipinski definition) is 1. The SMILES string of the molecule is CNc1nc(N(C)CCc2ccccc2)c2ccsc2n1. The van der Waals surface area contributed by atoms with Crippen LogP contribution in [0.25, 0.3) is 10.2 Å². The fourth-order valence-electron chi connectivity index (χ4n) is 2.29. The van der Waals surface area contributed by atoms with Crippen molar-refractivity contribution in [3.05, 3.63) is 47.3 Å². The highest BCUT2D eigenvalue weighted by Gasteiger charge is 2.12. The number of benzene rings is 1. The highest BCUT2D eigenvalue weighted by molar-refractivity contribution is 7.16. The Hall–Kier alpha value is -2.14. The molecule has 0 spiro atoms. The summed E-state index contributed by atoms with van der Waals surface area (Å²) in [5, 5.41) is 6.22. The number of anilines is 2. The molecule has 1 aromatic carbocycles. The van der Waals surface area contributed by atoms with E-state index in [0.717, 1.165) is 29.0 Å². The Balaban J connectivity index is 1.83. The van der Waals surface area contributed by atoms with Gasteiger partial charge in [-0.1, -0.05) is 30.3 Å². The van der Waals surface area contributed by atoms with Crippen molar-refractivity contribution < 1.29 is 0 Å². The lowest BCUT2D eigenvalue weighted by atomic mass is 10.1. The van der Waals surface area contributed by atoms with Crippen molar-refractivity contribution in [3.8, 4) is 0 Å². The standard InChI is InChI=1S/C16H18N4S/c1-17-16-18-14(13-9-11-21-15(13)19-16)20(2)10-8-12-6-4-3-5-7-12/h3-7,9,11H,8,10H2,1-2H3,(H,17,18,19). The molecule has 0 fully saturated rings. The van der Waals surface area contributed by atoms with Crippen LogP contribution in [0.15, 0.2) is 41.8 Å². The number of hydrogen-bond acceptors (Lipinski definition) is 5. The minimum absolute atomic E-state index is 0.673. The third-order valence-corrected chi connectivity index (χ3v) is 4.28. The van der Waals surface area contributed by atoms with Gasteiger partial charge in [0.05, 0.1) is 5.39 Å². The van der Waals surface area contributed by atoms with Crippen LogP contribution in [0.1, 0.15) is 5.56 Å². The van der Waals surface area contributed by atoms with Crippen LogP contribution < -0.4 is 10.2 Å². The van der Waals surface area contributed by atoms with Crippen molar-refractivity contribution in [2.24, 2.45) is 0 Å². The van der Waals surface area contributed by atoms with Gasteiger partial charge in [0, 0.05) is 20.6 Å². The summed E-state index contributed by atoms with van der Waals surface area (Å²) < 4.78 is 0. The Morgan fingerprint density at radius 1 is 1.14 bits per heavy atom. The van der Waals surface area contributed by atoms with Gasteiger partial charge in [-0.3, -0.25) is 0 Å². The van der Waals surface area contributed by atoms with E-state index < -0.39 is 0 Å². The van der Waals surface area contributed by atoms with Crippen LogP contribution in [-0.4, -0.2) is 30.6 Å². The van der Waals surface area contributed by atoms with Gasteiger partial charge in [-0.2, -0.15) is 4.98 Å². The molecule has 3 rings (SSSR count). The third kappa shape index (κ3) is 2.97. The van der Waals surface area contributed by atoms with E-state index in [1.165, 1.54) is 5.56 Å². The molecular formula is C16H18N4S. The van der Waals surface area contributed by atoms with E-state index in [9.17, 15) is 0 Å². The van der Waals surface area contributed by atoms with E-state index in [1.54, 1.807) is 11.3 Å². The number of fused-ring (bicyclic) bond motifs is 1. The third-order valence-electron chi connectivity index (χ3n) is 3.47. The maximum absolute atomic E-state index is 4.61. The second kappa shape index (κ2) is 6.10. The highest BCUT2D eigenvalue weighted by Crippen LogP contribution is 2.28. The summed E-state index contributed by atoms with van der Waals surface area (Å²) in [6.45, 7) is 0.926. The van der Waals surface area contributed by atoms with Gasteiger partial charge in [0.2, 0.25) is 5.95 Å². The molecule has 0 aliphatic rings. The first-order valence-corrected chi connectivity index (χ1v) is 7.84. The van der Waals surface area contributed by atoms with Gasteiger partial charge < -0.3 is 10.2 Å². The fraction of sp³-hybridized carbons (Fsp3) is 0.250. The summed E-state index contributed by atoms with van der Waals surface area (Å²) in [4.78, 5) is 12.3. The zero-order valence-electron chi connectivity index (χ0n) is 12.2. The Kier molecular flexibility index (Phi) is 4.01. The number of nitrogens with one attached hydrogen (secondary N) is 1. The van der Waals surface area contributed by atoms with Crippen LogP contribution in [0.4, 0.5) is 11.8 Å². The molecule has 0 atom stereocenters. The van der Waals surface area contributed by atoms with E-state index >= 15 is 0 Å². The van der Waals surface area contributed by atoms with Crippen LogP contribution in [-0.2, 0) is 6.42 Å². The van der Waals surface area contributed by atoms with Crippen molar-refractivity contribution >= 4 is 33.3 Å². The number of nitrogens with zero attached hydrogens (tertiary/aromatic N) is 3. The molecule has 0 aliphatic carbocycles. The summed E-state index contributed by atoms with van der Waals surface area (Å²) in [6.07, 6.45) is 1.00. The maximum atomic E-state index is 4.61. The highest BCUT2D eigenvalue weighted by atomic mass is 32.1. The predicted octanol–water partition coefficient (Wildman–Crippen LogP) is 3.41. The molecule has 108 valence electrons. The van der Waals surface area contributed by atoms with Gasteiger partial charge in [0.1, 0.15) is 10.6 Å². The molecule has 1 N–H and O–H groups in total. The van der Waals surface area contributed by atoms with Crippen LogP contribution in [0, 0.1) is 0 Å². The number of thiophene rings is 1. The summed E-state index contributed by atoms with van der Waals surface area (Å²) in [7, 11) is 3.93. The van der Waals surface area contributed by atoms with Crippen LogP contribution in [0.3, 0.4) is 0 Å². The molecule has 0 amide bonds. The van der Waals surface area contributed by atoms with E-state index in [-0.39, 0.29) is 0 Å². The molecule has 5 heteroatoms. The van der Waals surface area contributed by atoms with Crippen molar-refractivity contribution in [2.75, 3.05) is 30.9 Å². The first kappa shape index (κ1) is 13.8. The van der Waals surface area contributed by atoms with E-state index in [2.05, 4.69) is 62.9 Å². The largest absolute Gasteiger partial charge is 0.359 e. The Labute approximate surface area is 128 Å². The number of aromatic nitrogens is 2. The van der Waals surface area contributed by atoms with Crippen molar-refractivity contribution in [1.82, 2.24) is 9.97 Å². The molecule has 0 saturated carbocycles. The summed E-state index contributed by atoms with van der Waals surface area (Å²) >= 11 is 1.65. The van der Waals surface area contributed by atoms with Crippen LogP contribution >= 0.6 is 11.3 Å². The molecule has 0 radical (unpaired) electrons.